The minimum absolute atomic E-state index is 0.0549. The van der Waals surface area contributed by atoms with Gasteiger partial charge in [0.2, 0.25) is 0 Å². The van der Waals surface area contributed by atoms with Gasteiger partial charge in [0.25, 0.3) is 5.91 Å². The normalized spacial score (nSPS) is 18.7. The molecular formula is C26H26N4O5. The molecular weight excluding hydrogens is 448 g/mol. The van der Waals surface area contributed by atoms with Crippen molar-refractivity contribution in [1.82, 2.24) is 14.7 Å². The third-order valence-electron chi connectivity index (χ3n) is 6.83. The first-order valence-corrected chi connectivity index (χ1v) is 11.5. The van der Waals surface area contributed by atoms with Crippen LogP contribution in [0.2, 0.25) is 0 Å². The molecule has 9 heteroatoms. The Morgan fingerprint density at radius 3 is 2.29 bits per heavy atom. The first kappa shape index (κ1) is 22.6. The number of fused-ring (bicyclic) bond motifs is 3. The largest absolute Gasteiger partial charge is 0.481 e. The Labute approximate surface area is 202 Å². The number of rotatable bonds is 5. The SMILES string of the molecule is CC1CN(C(=O)c2nn(C)cc2NC(=O)OCC2c3ccccc3-c3ccccc32)CC1C(=O)O. The number of carbonyl (C=O) groups excluding carboxylic acids is 2. The molecule has 2 unspecified atom stereocenters. The lowest BCUT2D eigenvalue weighted by Gasteiger charge is -2.16. The van der Waals surface area contributed by atoms with E-state index in [9.17, 15) is 19.5 Å². The second kappa shape index (κ2) is 8.90. The zero-order chi connectivity index (χ0) is 24.7. The maximum Gasteiger partial charge on any atom is 0.411 e. The molecule has 1 aliphatic carbocycles. The van der Waals surface area contributed by atoms with Crippen molar-refractivity contribution < 1.29 is 24.2 Å². The van der Waals surface area contributed by atoms with E-state index in [1.54, 1.807) is 14.0 Å². The third-order valence-corrected chi connectivity index (χ3v) is 6.83. The molecule has 2 aliphatic rings. The number of carboxylic acids is 1. The Morgan fingerprint density at radius 1 is 1.06 bits per heavy atom. The van der Waals surface area contributed by atoms with Crippen LogP contribution < -0.4 is 5.32 Å². The summed E-state index contributed by atoms with van der Waals surface area (Å²) in [4.78, 5) is 38.7. The molecule has 9 nitrogen and oxygen atoms in total. The summed E-state index contributed by atoms with van der Waals surface area (Å²) in [5.74, 6) is -2.22. The number of aromatic nitrogens is 2. The molecule has 180 valence electrons. The van der Waals surface area contributed by atoms with Gasteiger partial charge in [0.15, 0.2) is 5.69 Å². The summed E-state index contributed by atoms with van der Waals surface area (Å²) >= 11 is 0. The molecule has 35 heavy (non-hydrogen) atoms. The molecule has 2 aromatic carbocycles. The minimum atomic E-state index is -0.925. The van der Waals surface area contributed by atoms with E-state index in [-0.39, 0.29) is 36.4 Å². The van der Waals surface area contributed by atoms with E-state index < -0.39 is 23.9 Å². The van der Waals surface area contributed by atoms with Crippen molar-refractivity contribution in [2.75, 3.05) is 25.0 Å². The maximum atomic E-state index is 13.1. The molecule has 1 fully saturated rings. The number of likely N-dealkylation sites (tertiary alicyclic amines) is 1. The van der Waals surface area contributed by atoms with Crippen molar-refractivity contribution in [3.63, 3.8) is 0 Å². The summed E-state index contributed by atoms with van der Waals surface area (Å²) in [6.07, 6.45) is 0.843. The third kappa shape index (κ3) is 4.14. The molecule has 2 amide bonds. The molecule has 2 N–H and O–H groups in total. The minimum Gasteiger partial charge on any atom is -0.481 e. The Balaban J connectivity index is 1.28. The quantitative estimate of drug-likeness (QED) is 0.584. The second-order valence-corrected chi connectivity index (χ2v) is 9.15. The first-order chi connectivity index (χ1) is 16.8. The van der Waals surface area contributed by atoms with Crippen molar-refractivity contribution in [2.45, 2.75) is 12.8 Å². The monoisotopic (exact) mass is 474 g/mol. The van der Waals surface area contributed by atoms with Gasteiger partial charge in [-0.05, 0) is 28.2 Å². The van der Waals surface area contributed by atoms with Crippen molar-refractivity contribution >= 4 is 23.7 Å². The number of hydrogen-bond acceptors (Lipinski definition) is 5. The van der Waals surface area contributed by atoms with E-state index in [2.05, 4.69) is 22.5 Å². The fourth-order valence-corrected chi connectivity index (χ4v) is 5.09. The summed E-state index contributed by atoms with van der Waals surface area (Å²) in [5, 5.41) is 16.2. The topological polar surface area (TPSA) is 114 Å². The highest BCUT2D eigenvalue weighted by Gasteiger charge is 2.38. The Bertz CT molecular complexity index is 1270. The van der Waals surface area contributed by atoms with E-state index in [1.165, 1.54) is 15.8 Å². The lowest BCUT2D eigenvalue weighted by molar-refractivity contribution is -0.142. The smallest absolute Gasteiger partial charge is 0.411 e. The molecule has 1 aliphatic heterocycles. The van der Waals surface area contributed by atoms with Gasteiger partial charge in [0.1, 0.15) is 6.61 Å². The molecule has 0 bridgehead atoms. The summed E-state index contributed by atoms with van der Waals surface area (Å²) in [6.45, 7) is 2.38. The van der Waals surface area contributed by atoms with Gasteiger partial charge in [0.05, 0.1) is 11.6 Å². The fraction of sp³-hybridized carbons (Fsp3) is 0.308. The summed E-state index contributed by atoms with van der Waals surface area (Å²) in [6, 6.07) is 16.1. The van der Waals surface area contributed by atoms with Gasteiger partial charge in [0, 0.05) is 32.3 Å². The lowest BCUT2D eigenvalue weighted by Crippen LogP contribution is -2.31. The number of amides is 2. The highest BCUT2D eigenvalue weighted by atomic mass is 16.5. The highest BCUT2D eigenvalue weighted by molar-refractivity contribution is 6.01. The Kier molecular flexibility index (Phi) is 5.76. The number of nitrogens with one attached hydrogen (secondary N) is 1. The number of carboxylic acid groups (broad SMARTS) is 1. The number of carbonyl (C=O) groups is 3. The number of nitrogens with zero attached hydrogens (tertiary/aromatic N) is 3. The van der Waals surface area contributed by atoms with Gasteiger partial charge in [-0.25, -0.2) is 4.79 Å². The zero-order valence-corrected chi connectivity index (χ0v) is 19.5. The van der Waals surface area contributed by atoms with Gasteiger partial charge in [-0.3, -0.25) is 19.6 Å². The van der Waals surface area contributed by atoms with Crippen LogP contribution in [-0.4, -0.2) is 57.5 Å². The van der Waals surface area contributed by atoms with Crippen LogP contribution in [0.25, 0.3) is 11.1 Å². The highest BCUT2D eigenvalue weighted by Crippen LogP contribution is 2.44. The van der Waals surface area contributed by atoms with E-state index >= 15 is 0 Å². The molecule has 5 rings (SSSR count). The van der Waals surface area contributed by atoms with E-state index in [0.717, 1.165) is 22.3 Å². The molecule has 1 saturated heterocycles. The summed E-state index contributed by atoms with van der Waals surface area (Å²) in [7, 11) is 1.65. The van der Waals surface area contributed by atoms with Crippen LogP contribution >= 0.6 is 0 Å². The van der Waals surface area contributed by atoms with Gasteiger partial charge in [-0.1, -0.05) is 55.5 Å². The molecule has 2 atom stereocenters. The Morgan fingerprint density at radius 2 is 1.69 bits per heavy atom. The van der Waals surface area contributed by atoms with E-state index in [0.29, 0.717) is 6.54 Å². The molecule has 0 spiro atoms. The summed E-state index contributed by atoms with van der Waals surface area (Å²) in [5.41, 5.74) is 4.76. The number of ether oxygens (including phenoxy) is 1. The van der Waals surface area contributed by atoms with Crippen LogP contribution in [0.5, 0.6) is 0 Å². The number of hydrogen-bond donors (Lipinski definition) is 2. The molecule has 1 aromatic heterocycles. The standard InChI is InChI=1S/C26H26N4O5/c1-15-11-30(12-20(15)25(32)33)24(31)23-22(13-29(2)28-23)27-26(34)35-14-21-18-9-5-3-7-16(18)17-8-4-6-10-19(17)21/h3-10,13,15,20-21H,11-12,14H2,1-2H3,(H,27,34)(H,32,33). The first-order valence-electron chi connectivity index (χ1n) is 11.5. The van der Waals surface area contributed by atoms with Gasteiger partial charge >= 0.3 is 12.1 Å². The average molecular weight is 475 g/mol. The number of aliphatic carboxylic acids is 1. The second-order valence-electron chi connectivity index (χ2n) is 9.15. The van der Waals surface area contributed by atoms with Crippen LogP contribution in [0, 0.1) is 11.8 Å². The predicted molar refractivity (Wildman–Crippen MR) is 128 cm³/mol. The molecule has 0 saturated carbocycles. The van der Waals surface area contributed by atoms with Crippen LogP contribution in [0.3, 0.4) is 0 Å². The van der Waals surface area contributed by atoms with E-state index in [4.69, 9.17) is 4.74 Å². The average Bonchev–Trinajstić information content (AvgIpc) is 3.50. The predicted octanol–water partition coefficient (Wildman–Crippen LogP) is 3.57. The van der Waals surface area contributed by atoms with Gasteiger partial charge in [-0.2, -0.15) is 5.10 Å². The lowest BCUT2D eigenvalue weighted by atomic mass is 9.98. The van der Waals surface area contributed by atoms with Crippen molar-refractivity contribution in [2.24, 2.45) is 18.9 Å². The van der Waals surface area contributed by atoms with E-state index in [1.807, 2.05) is 36.4 Å². The van der Waals surface area contributed by atoms with Crippen molar-refractivity contribution in [3.8, 4) is 11.1 Å². The van der Waals surface area contributed by atoms with Crippen LogP contribution in [-0.2, 0) is 16.6 Å². The van der Waals surface area contributed by atoms with Gasteiger partial charge < -0.3 is 14.7 Å². The fourth-order valence-electron chi connectivity index (χ4n) is 5.09. The molecule has 3 aromatic rings. The molecule has 2 heterocycles. The van der Waals surface area contributed by atoms with Crippen LogP contribution in [0.1, 0.15) is 34.5 Å². The molecule has 0 radical (unpaired) electrons. The van der Waals surface area contributed by atoms with Crippen LogP contribution in [0.4, 0.5) is 10.5 Å². The number of aryl methyl sites for hydroxylation is 1. The summed E-state index contributed by atoms with van der Waals surface area (Å²) < 4.78 is 7.02. The van der Waals surface area contributed by atoms with Gasteiger partial charge in [-0.15, -0.1) is 0 Å². The number of anilines is 1. The Hall–Kier alpha value is -4.14. The van der Waals surface area contributed by atoms with Crippen molar-refractivity contribution in [3.05, 3.63) is 71.5 Å². The van der Waals surface area contributed by atoms with Crippen molar-refractivity contribution in [1.29, 1.82) is 0 Å². The van der Waals surface area contributed by atoms with Crippen LogP contribution in [0.15, 0.2) is 54.7 Å². The maximum absolute atomic E-state index is 13.1. The zero-order valence-electron chi connectivity index (χ0n) is 19.5. The number of benzene rings is 2.